The molecule has 0 amide bonds. The van der Waals surface area contributed by atoms with Crippen molar-refractivity contribution in [1.29, 1.82) is 0 Å². The Morgan fingerprint density at radius 3 is 2.56 bits per heavy atom. The number of halogens is 1. The van der Waals surface area contributed by atoms with Gasteiger partial charge >= 0.3 is 0 Å². The zero-order valence-electron chi connectivity index (χ0n) is 9.87. The average Bonchev–Trinajstić information content (AvgIpc) is 2.94. The third-order valence-corrected chi connectivity index (χ3v) is 3.76. The highest BCUT2D eigenvalue weighted by atomic mass is 35.5. The van der Waals surface area contributed by atoms with E-state index < -0.39 is 0 Å². The van der Waals surface area contributed by atoms with Crippen LogP contribution in [0.1, 0.15) is 0 Å². The SMILES string of the molecule is Cl.c1csc(-c2ccc(N3CCNCC3)nn2)c1. The molecular formula is C12H15ClN4S. The maximum atomic E-state index is 4.31. The number of thiophene rings is 1. The maximum Gasteiger partial charge on any atom is 0.151 e. The number of nitrogens with zero attached hydrogens (tertiary/aromatic N) is 3. The summed E-state index contributed by atoms with van der Waals surface area (Å²) in [6.07, 6.45) is 0. The second-order valence-electron chi connectivity index (χ2n) is 3.99. The summed E-state index contributed by atoms with van der Waals surface area (Å²) in [4.78, 5) is 3.44. The summed E-state index contributed by atoms with van der Waals surface area (Å²) in [6, 6.07) is 8.22. The molecule has 2 aromatic rings. The van der Waals surface area contributed by atoms with Gasteiger partial charge in [0, 0.05) is 26.2 Å². The smallest absolute Gasteiger partial charge is 0.151 e. The number of piperazine rings is 1. The first-order chi connectivity index (χ1) is 8.43. The molecule has 3 heterocycles. The van der Waals surface area contributed by atoms with E-state index in [-0.39, 0.29) is 12.4 Å². The van der Waals surface area contributed by atoms with Crippen LogP contribution >= 0.6 is 23.7 Å². The molecule has 0 radical (unpaired) electrons. The van der Waals surface area contributed by atoms with Crippen molar-refractivity contribution in [3.8, 4) is 10.6 Å². The van der Waals surface area contributed by atoms with E-state index >= 15 is 0 Å². The van der Waals surface area contributed by atoms with E-state index in [2.05, 4.69) is 44.0 Å². The Kier molecular flexibility index (Phi) is 4.52. The van der Waals surface area contributed by atoms with Crippen LogP contribution in [0.15, 0.2) is 29.6 Å². The van der Waals surface area contributed by atoms with E-state index in [4.69, 9.17) is 0 Å². The highest BCUT2D eigenvalue weighted by molar-refractivity contribution is 7.13. The summed E-state index contributed by atoms with van der Waals surface area (Å²) in [7, 11) is 0. The molecule has 6 heteroatoms. The molecule has 0 saturated carbocycles. The molecule has 1 aliphatic heterocycles. The predicted octanol–water partition coefficient (Wildman–Crippen LogP) is 2.04. The van der Waals surface area contributed by atoms with Gasteiger partial charge in [-0.3, -0.25) is 0 Å². The molecule has 4 nitrogen and oxygen atoms in total. The van der Waals surface area contributed by atoms with Gasteiger partial charge in [0.1, 0.15) is 5.69 Å². The van der Waals surface area contributed by atoms with Gasteiger partial charge in [-0.05, 0) is 23.6 Å². The molecular weight excluding hydrogens is 268 g/mol. The third-order valence-electron chi connectivity index (χ3n) is 2.87. The number of nitrogens with one attached hydrogen (secondary N) is 1. The fourth-order valence-corrected chi connectivity index (χ4v) is 2.63. The lowest BCUT2D eigenvalue weighted by Crippen LogP contribution is -2.43. The van der Waals surface area contributed by atoms with Crippen LogP contribution in [0.4, 0.5) is 5.82 Å². The van der Waals surface area contributed by atoms with Gasteiger partial charge in [-0.25, -0.2) is 0 Å². The van der Waals surface area contributed by atoms with Gasteiger partial charge in [-0.1, -0.05) is 6.07 Å². The molecule has 1 fully saturated rings. The molecule has 1 aliphatic rings. The second-order valence-corrected chi connectivity index (χ2v) is 4.94. The number of hydrogen-bond acceptors (Lipinski definition) is 5. The van der Waals surface area contributed by atoms with E-state index in [1.165, 1.54) is 4.88 Å². The van der Waals surface area contributed by atoms with Crippen molar-refractivity contribution >= 4 is 29.6 Å². The van der Waals surface area contributed by atoms with Gasteiger partial charge < -0.3 is 10.2 Å². The summed E-state index contributed by atoms with van der Waals surface area (Å²) >= 11 is 1.69. The lowest BCUT2D eigenvalue weighted by Gasteiger charge is -2.27. The zero-order chi connectivity index (χ0) is 11.5. The van der Waals surface area contributed by atoms with Gasteiger partial charge in [0.25, 0.3) is 0 Å². The molecule has 2 aromatic heterocycles. The van der Waals surface area contributed by atoms with Crippen molar-refractivity contribution in [1.82, 2.24) is 15.5 Å². The molecule has 3 rings (SSSR count). The first kappa shape index (κ1) is 13.3. The molecule has 0 atom stereocenters. The summed E-state index contributed by atoms with van der Waals surface area (Å²) in [6.45, 7) is 4.06. The highest BCUT2D eigenvalue weighted by Crippen LogP contribution is 2.23. The number of hydrogen-bond donors (Lipinski definition) is 1. The fourth-order valence-electron chi connectivity index (χ4n) is 1.94. The molecule has 0 aliphatic carbocycles. The maximum absolute atomic E-state index is 4.31. The average molecular weight is 283 g/mol. The van der Waals surface area contributed by atoms with Crippen molar-refractivity contribution in [2.45, 2.75) is 0 Å². The number of rotatable bonds is 2. The molecule has 0 aromatic carbocycles. The second kappa shape index (κ2) is 6.13. The largest absolute Gasteiger partial charge is 0.353 e. The van der Waals surface area contributed by atoms with Crippen LogP contribution in [0, 0.1) is 0 Å². The Bertz CT molecular complexity index is 465. The van der Waals surface area contributed by atoms with Crippen LogP contribution in [-0.4, -0.2) is 36.4 Å². The Balaban J connectivity index is 0.00000120. The summed E-state index contributed by atoms with van der Waals surface area (Å²) in [5, 5.41) is 14.0. The highest BCUT2D eigenvalue weighted by Gasteiger charge is 2.12. The standard InChI is InChI=1S/C12H14N4S.ClH/c1-2-11(17-9-1)10-3-4-12(15-14-10)16-7-5-13-6-8-16;/h1-4,9,13H,5-8H2;1H. The van der Waals surface area contributed by atoms with Crippen molar-refractivity contribution in [2.75, 3.05) is 31.1 Å². The Morgan fingerprint density at radius 2 is 1.94 bits per heavy atom. The molecule has 0 unspecified atom stereocenters. The predicted molar refractivity (Wildman–Crippen MR) is 77.7 cm³/mol. The van der Waals surface area contributed by atoms with E-state index in [1.54, 1.807) is 11.3 Å². The van der Waals surface area contributed by atoms with Crippen molar-refractivity contribution < 1.29 is 0 Å². The van der Waals surface area contributed by atoms with Crippen molar-refractivity contribution in [2.24, 2.45) is 0 Å². The molecule has 0 spiro atoms. The van der Waals surface area contributed by atoms with Crippen molar-refractivity contribution in [3.05, 3.63) is 29.6 Å². The number of aromatic nitrogens is 2. The van der Waals surface area contributed by atoms with E-state index in [0.717, 1.165) is 37.7 Å². The van der Waals surface area contributed by atoms with Gasteiger partial charge in [-0.2, -0.15) is 0 Å². The van der Waals surface area contributed by atoms with Gasteiger partial charge in [0.2, 0.25) is 0 Å². The Hall–Kier alpha value is -1.17. The van der Waals surface area contributed by atoms with Crippen molar-refractivity contribution in [3.63, 3.8) is 0 Å². The van der Waals surface area contributed by atoms with Gasteiger partial charge in [0.05, 0.1) is 4.88 Å². The number of anilines is 1. The summed E-state index contributed by atoms with van der Waals surface area (Å²) in [5.41, 5.74) is 0.957. The Morgan fingerprint density at radius 1 is 1.11 bits per heavy atom. The topological polar surface area (TPSA) is 41.0 Å². The molecule has 0 bridgehead atoms. The molecule has 96 valence electrons. The molecule has 1 N–H and O–H groups in total. The van der Waals surface area contributed by atoms with Gasteiger partial charge in [-0.15, -0.1) is 33.9 Å². The minimum Gasteiger partial charge on any atom is -0.353 e. The zero-order valence-corrected chi connectivity index (χ0v) is 11.5. The quantitative estimate of drug-likeness (QED) is 0.915. The fraction of sp³-hybridized carbons (Fsp3) is 0.333. The Labute approximate surface area is 116 Å². The van der Waals surface area contributed by atoms with E-state index in [9.17, 15) is 0 Å². The van der Waals surface area contributed by atoms with Crippen LogP contribution in [-0.2, 0) is 0 Å². The van der Waals surface area contributed by atoms with E-state index in [1.807, 2.05) is 6.07 Å². The minimum absolute atomic E-state index is 0. The molecule has 18 heavy (non-hydrogen) atoms. The summed E-state index contributed by atoms with van der Waals surface area (Å²) in [5.74, 6) is 0.979. The first-order valence-corrected chi connectivity index (χ1v) is 6.65. The van der Waals surface area contributed by atoms with Gasteiger partial charge in [0.15, 0.2) is 5.82 Å². The van der Waals surface area contributed by atoms with Crippen LogP contribution in [0.2, 0.25) is 0 Å². The van der Waals surface area contributed by atoms with Crippen LogP contribution < -0.4 is 10.2 Å². The lowest BCUT2D eigenvalue weighted by molar-refractivity contribution is 0.583. The van der Waals surface area contributed by atoms with Crippen LogP contribution in [0.3, 0.4) is 0 Å². The third kappa shape index (κ3) is 2.80. The first-order valence-electron chi connectivity index (χ1n) is 5.77. The van der Waals surface area contributed by atoms with E-state index in [0.29, 0.717) is 0 Å². The lowest BCUT2D eigenvalue weighted by atomic mass is 10.3. The monoisotopic (exact) mass is 282 g/mol. The minimum atomic E-state index is 0. The van der Waals surface area contributed by atoms with Crippen LogP contribution in [0.5, 0.6) is 0 Å². The normalized spacial score (nSPS) is 15.2. The summed E-state index contributed by atoms with van der Waals surface area (Å²) < 4.78 is 0. The van der Waals surface area contributed by atoms with Crippen LogP contribution in [0.25, 0.3) is 10.6 Å². The molecule has 1 saturated heterocycles.